The number of aliphatic hydroxyl groups excluding tert-OH is 4. The monoisotopic (exact) mass is 548 g/mol. The number of aromatic amines is 1. The molecule has 3 rings (SSSR count). The van der Waals surface area contributed by atoms with Crippen LogP contribution in [0.3, 0.4) is 0 Å². The van der Waals surface area contributed by atoms with E-state index >= 15 is 0 Å². The number of ether oxygens (including phenoxy) is 2. The van der Waals surface area contributed by atoms with Gasteiger partial charge >= 0.3 is 21.3 Å². The van der Waals surface area contributed by atoms with Crippen molar-refractivity contribution >= 4 is 15.6 Å². The van der Waals surface area contributed by atoms with E-state index in [9.17, 15) is 39.1 Å². The average molecular weight is 548 g/mol. The minimum Gasteiger partial charge on any atom is -0.390 e. The highest BCUT2D eigenvalue weighted by atomic mass is 31.3. The number of rotatable bonds is 8. The predicted molar refractivity (Wildman–Crippen MR) is 111 cm³/mol. The summed E-state index contributed by atoms with van der Waals surface area (Å²) in [5.41, 5.74) is -1.25. The first-order valence-electron chi connectivity index (χ1n) is 10.2. The van der Waals surface area contributed by atoms with Crippen molar-refractivity contribution in [2.75, 3.05) is 6.61 Å². The number of aliphatic hydroxyl groups is 4. The van der Waals surface area contributed by atoms with E-state index in [1.807, 2.05) is 0 Å². The Bertz CT molecular complexity index is 1120. The van der Waals surface area contributed by atoms with Gasteiger partial charge in [-0.05, 0) is 13.8 Å². The van der Waals surface area contributed by atoms with Gasteiger partial charge < -0.3 is 39.7 Å². The normalized spacial score (nSPS) is 35.7. The van der Waals surface area contributed by atoms with Crippen LogP contribution in [0.15, 0.2) is 15.8 Å². The van der Waals surface area contributed by atoms with Crippen molar-refractivity contribution in [1.82, 2.24) is 9.55 Å². The maximum Gasteiger partial charge on any atom is 0.486 e. The first-order chi connectivity index (χ1) is 16.1. The van der Waals surface area contributed by atoms with Crippen molar-refractivity contribution in [1.29, 1.82) is 0 Å². The van der Waals surface area contributed by atoms with Gasteiger partial charge in [-0.2, -0.15) is 4.31 Å². The minimum atomic E-state index is -5.52. The molecule has 19 heteroatoms. The van der Waals surface area contributed by atoms with Gasteiger partial charge in [-0.25, -0.2) is 13.9 Å². The van der Waals surface area contributed by atoms with E-state index in [1.165, 1.54) is 20.0 Å². The highest BCUT2D eigenvalue weighted by Gasteiger charge is 2.49. The largest absolute Gasteiger partial charge is 0.486 e. The van der Waals surface area contributed by atoms with Crippen LogP contribution < -0.4 is 11.2 Å². The molecule has 0 aliphatic carbocycles. The molecule has 2 saturated heterocycles. The quantitative estimate of drug-likeness (QED) is 0.167. The highest BCUT2D eigenvalue weighted by Crippen LogP contribution is 2.62. The molecular formula is C16H26N2O15P2. The lowest BCUT2D eigenvalue weighted by molar-refractivity contribution is -0.272. The molecule has 1 aromatic rings. The summed E-state index contributed by atoms with van der Waals surface area (Å²) in [7, 11) is -10.8. The third-order valence-electron chi connectivity index (χ3n) is 5.30. The van der Waals surface area contributed by atoms with Gasteiger partial charge in [0, 0.05) is 18.2 Å². The van der Waals surface area contributed by atoms with Crippen LogP contribution in [0.1, 0.15) is 25.1 Å². The smallest absolute Gasteiger partial charge is 0.390 e. The number of nitrogens with one attached hydrogen (secondary N) is 1. The zero-order chi connectivity index (χ0) is 26.3. The lowest BCUT2D eigenvalue weighted by Crippen LogP contribution is -2.57. The maximum atomic E-state index is 13.0. The first kappa shape index (κ1) is 28.3. The third-order valence-corrected chi connectivity index (χ3v) is 7.89. The summed E-state index contributed by atoms with van der Waals surface area (Å²) in [6.45, 7) is 1.87. The summed E-state index contributed by atoms with van der Waals surface area (Å²) in [5.74, 6) is 0. The van der Waals surface area contributed by atoms with Crippen LogP contribution in [-0.2, 0) is 32.0 Å². The molecule has 2 aliphatic rings. The molecule has 0 aromatic carbocycles. The Kier molecular flexibility index (Phi) is 8.56. The number of aryl methyl sites for hydroxylation is 1. The zero-order valence-corrected chi connectivity index (χ0v) is 20.1. The van der Waals surface area contributed by atoms with Crippen molar-refractivity contribution in [3.63, 3.8) is 0 Å². The SMILES string of the molecule is Cc1cn([C@H]2CC(O)[C@@H](COP(=O)(O[C@@H]3O[C@H](C)[C@@H](O)[C@H](O)[C@H]3O)OP(=O)(O)O)O2)c(=O)[nH]c1=O. The standard InChI is InChI=1S/C16H26N2O15P2/c1-6-4-18(16(24)17-14(6)23)10-3-8(19)9(31-10)5-29-35(28,33-34(25,26)27)32-15-13(22)12(21)11(20)7(2)30-15/h4,7-13,15,19-22H,3,5H2,1-2H3,(H,17,23,24)(H2,25,26,27)/t7-,8?,9-,10-,11-,12+,13-,15+,35?/m1/s1. The molecule has 7 N–H and O–H groups in total. The molecule has 0 amide bonds. The highest BCUT2D eigenvalue weighted by molar-refractivity contribution is 7.61. The van der Waals surface area contributed by atoms with Crippen LogP contribution in [0, 0.1) is 6.92 Å². The van der Waals surface area contributed by atoms with Crippen LogP contribution >= 0.6 is 15.6 Å². The molecule has 0 bridgehead atoms. The Hall–Kier alpha value is -1.30. The van der Waals surface area contributed by atoms with Gasteiger partial charge in [0.25, 0.3) is 5.56 Å². The Morgan fingerprint density at radius 2 is 1.77 bits per heavy atom. The van der Waals surface area contributed by atoms with Gasteiger partial charge in [0.2, 0.25) is 0 Å². The fourth-order valence-electron chi connectivity index (χ4n) is 3.43. The topological polar surface area (TPSA) is 257 Å². The van der Waals surface area contributed by atoms with Gasteiger partial charge in [0.05, 0.1) is 18.8 Å². The second-order valence-electron chi connectivity index (χ2n) is 8.01. The second-order valence-corrected chi connectivity index (χ2v) is 11.0. The Balaban J connectivity index is 1.74. The molecule has 2 fully saturated rings. The van der Waals surface area contributed by atoms with E-state index in [0.29, 0.717) is 0 Å². The third kappa shape index (κ3) is 6.72. The molecule has 0 saturated carbocycles. The molecule has 0 radical (unpaired) electrons. The number of aromatic nitrogens is 2. The summed E-state index contributed by atoms with van der Waals surface area (Å²) >= 11 is 0. The lowest BCUT2D eigenvalue weighted by atomic mass is 10.0. The van der Waals surface area contributed by atoms with Crippen molar-refractivity contribution in [2.24, 2.45) is 0 Å². The first-order valence-corrected chi connectivity index (χ1v) is 13.1. The molecule has 2 aliphatic heterocycles. The summed E-state index contributed by atoms with van der Waals surface area (Å²) in [6.07, 6.45) is -11.2. The fourth-order valence-corrected chi connectivity index (χ4v) is 5.64. The van der Waals surface area contributed by atoms with E-state index in [0.717, 1.165) is 4.57 Å². The molecule has 0 spiro atoms. The number of hydrogen-bond donors (Lipinski definition) is 7. The summed E-state index contributed by atoms with van der Waals surface area (Å²) in [4.78, 5) is 43.9. The minimum absolute atomic E-state index is 0.171. The number of hydrogen-bond acceptors (Lipinski definition) is 13. The van der Waals surface area contributed by atoms with E-state index in [1.54, 1.807) is 0 Å². The summed E-state index contributed by atoms with van der Waals surface area (Å²) in [5, 5.41) is 39.9. The fraction of sp³-hybridized carbons (Fsp3) is 0.750. The van der Waals surface area contributed by atoms with Crippen molar-refractivity contribution < 1.29 is 62.2 Å². The molecule has 200 valence electrons. The average Bonchev–Trinajstić information content (AvgIpc) is 3.10. The van der Waals surface area contributed by atoms with Crippen LogP contribution in [0.4, 0.5) is 0 Å². The Morgan fingerprint density at radius 1 is 1.11 bits per heavy atom. The van der Waals surface area contributed by atoms with E-state index in [4.69, 9.17) is 28.3 Å². The Morgan fingerprint density at radius 3 is 2.40 bits per heavy atom. The number of nitrogens with zero attached hydrogens (tertiary/aromatic N) is 1. The van der Waals surface area contributed by atoms with E-state index < -0.39 is 82.6 Å². The number of phosphoric acid groups is 2. The maximum absolute atomic E-state index is 13.0. The van der Waals surface area contributed by atoms with Crippen molar-refractivity contribution in [3.05, 3.63) is 32.6 Å². The number of phosphoric ester groups is 1. The van der Waals surface area contributed by atoms with Crippen molar-refractivity contribution in [2.45, 2.75) is 69.4 Å². The molecule has 3 heterocycles. The van der Waals surface area contributed by atoms with Crippen LogP contribution in [0.5, 0.6) is 0 Å². The van der Waals surface area contributed by atoms with Gasteiger partial charge in [-0.1, -0.05) is 0 Å². The molecule has 17 nitrogen and oxygen atoms in total. The van der Waals surface area contributed by atoms with Gasteiger partial charge in [-0.15, -0.1) is 0 Å². The molecular weight excluding hydrogens is 522 g/mol. The molecule has 1 aromatic heterocycles. The van der Waals surface area contributed by atoms with Crippen LogP contribution in [0.25, 0.3) is 0 Å². The van der Waals surface area contributed by atoms with Gasteiger partial charge in [-0.3, -0.25) is 23.4 Å². The van der Waals surface area contributed by atoms with E-state index in [-0.39, 0.29) is 12.0 Å². The lowest BCUT2D eigenvalue weighted by Gasteiger charge is -2.39. The van der Waals surface area contributed by atoms with Gasteiger partial charge in [0.1, 0.15) is 30.6 Å². The number of H-pyrrole nitrogens is 1. The molecule has 2 unspecified atom stereocenters. The zero-order valence-electron chi connectivity index (χ0n) is 18.3. The molecule has 9 atom stereocenters. The second kappa shape index (κ2) is 10.6. The predicted octanol–water partition coefficient (Wildman–Crippen LogP) is -2.43. The summed E-state index contributed by atoms with van der Waals surface area (Å²) in [6, 6.07) is 0. The van der Waals surface area contributed by atoms with Crippen LogP contribution in [0.2, 0.25) is 0 Å². The summed E-state index contributed by atoms with van der Waals surface area (Å²) < 4.78 is 49.8. The molecule has 35 heavy (non-hydrogen) atoms. The Labute approximate surface area is 196 Å². The van der Waals surface area contributed by atoms with Gasteiger partial charge in [0.15, 0.2) is 6.29 Å². The van der Waals surface area contributed by atoms with Crippen molar-refractivity contribution in [3.8, 4) is 0 Å². The van der Waals surface area contributed by atoms with Crippen LogP contribution in [-0.4, -0.2) is 89.3 Å². The van der Waals surface area contributed by atoms with E-state index in [2.05, 4.69) is 9.29 Å².